The maximum absolute atomic E-state index is 13.1. The van der Waals surface area contributed by atoms with Crippen LogP contribution < -0.4 is 5.32 Å². The Morgan fingerprint density at radius 2 is 0.882 bits per heavy atom. The third-order valence-corrected chi connectivity index (χ3v) is 14.0. The highest BCUT2D eigenvalue weighted by Gasteiger charge is 2.44. The van der Waals surface area contributed by atoms with E-state index in [0.29, 0.717) is 19.3 Å². The van der Waals surface area contributed by atoms with E-state index in [0.717, 1.165) is 38.5 Å². The van der Waals surface area contributed by atoms with Gasteiger partial charge in [-0.05, 0) is 51.4 Å². The lowest BCUT2D eigenvalue weighted by Crippen LogP contribution is -2.60. The van der Waals surface area contributed by atoms with Crippen molar-refractivity contribution >= 4 is 5.91 Å². The molecular weight excluding hydrogens is 859 g/mol. The molecule has 1 saturated heterocycles. The Labute approximate surface area is 416 Å². The van der Waals surface area contributed by atoms with Crippen LogP contribution in [-0.2, 0) is 14.3 Å². The van der Waals surface area contributed by atoms with E-state index in [9.17, 15) is 40.5 Å². The molecule has 68 heavy (non-hydrogen) atoms. The molecule has 11 nitrogen and oxygen atoms in total. The Hall–Kier alpha value is -1.41. The van der Waals surface area contributed by atoms with E-state index in [1.165, 1.54) is 180 Å². The van der Waals surface area contributed by atoms with Crippen molar-refractivity contribution in [3.05, 3.63) is 24.3 Å². The summed E-state index contributed by atoms with van der Waals surface area (Å²) in [5.74, 6) is -0.707. The summed E-state index contributed by atoms with van der Waals surface area (Å²) < 4.78 is 11.1. The maximum atomic E-state index is 13.1. The molecule has 1 heterocycles. The largest absolute Gasteiger partial charge is 0.394 e. The number of aliphatic hydroxyl groups excluding tert-OH is 7. The van der Waals surface area contributed by atoms with Gasteiger partial charge in [0.15, 0.2) is 6.29 Å². The highest BCUT2D eigenvalue weighted by atomic mass is 16.7. The average Bonchev–Trinajstić information content (AvgIpc) is 3.34. The summed E-state index contributed by atoms with van der Waals surface area (Å²) in [6.07, 6.45) is 44.1. The van der Waals surface area contributed by atoms with Crippen molar-refractivity contribution in [1.82, 2.24) is 5.32 Å². The van der Waals surface area contributed by atoms with Crippen molar-refractivity contribution in [2.75, 3.05) is 13.2 Å². The number of unbranched alkanes of at least 4 members (excludes halogenated alkanes) is 33. The van der Waals surface area contributed by atoms with Crippen molar-refractivity contribution in [2.45, 2.75) is 319 Å². The van der Waals surface area contributed by atoms with Crippen molar-refractivity contribution in [2.24, 2.45) is 0 Å². The van der Waals surface area contributed by atoms with Crippen molar-refractivity contribution in [3.8, 4) is 0 Å². The van der Waals surface area contributed by atoms with Gasteiger partial charge in [-0.25, -0.2) is 0 Å². The first-order chi connectivity index (χ1) is 33.2. The molecule has 0 radical (unpaired) electrons. The van der Waals surface area contributed by atoms with Crippen molar-refractivity contribution < 1.29 is 50.0 Å². The van der Waals surface area contributed by atoms with Crippen LogP contribution in [0, 0.1) is 0 Å². The SMILES string of the molecule is CCCCC/C=C/CC/C=C/CCCC(O)C(O)C(COC1OC(CO)C(O)C(O)C1O)NC(=O)C(O)CCCCCCCCCCCCCCCCCCCCCCCCCCCCCCC. The third-order valence-electron chi connectivity index (χ3n) is 14.0. The first kappa shape index (κ1) is 64.6. The fraction of sp³-hybridized carbons (Fsp3) is 0.912. The molecule has 0 spiro atoms. The summed E-state index contributed by atoms with van der Waals surface area (Å²) in [7, 11) is 0. The first-order valence-corrected chi connectivity index (χ1v) is 28.7. The van der Waals surface area contributed by atoms with Crippen LogP contribution in [-0.4, -0.2) is 110 Å². The van der Waals surface area contributed by atoms with Crippen LogP contribution in [0.2, 0.25) is 0 Å². The van der Waals surface area contributed by atoms with E-state index >= 15 is 0 Å². The van der Waals surface area contributed by atoms with Gasteiger partial charge in [0.2, 0.25) is 5.91 Å². The van der Waals surface area contributed by atoms with Gasteiger partial charge < -0.3 is 50.5 Å². The Bertz CT molecular complexity index is 1160. The van der Waals surface area contributed by atoms with Crippen LogP contribution in [0.25, 0.3) is 0 Å². The molecule has 11 heteroatoms. The summed E-state index contributed by atoms with van der Waals surface area (Å²) in [5, 5.41) is 75.9. The van der Waals surface area contributed by atoms with Crippen LogP contribution in [0.15, 0.2) is 24.3 Å². The highest BCUT2D eigenvalue weighted by molar-refractivity contribution is 5.80. The topological polar surface area (TPSA) is 189 Å². The van der Waals surface area contributed by atoms with Crippen molar-refractivity contribution in [1.29, 1.82) is 0 Å². The van der Waals surface area contributed by atoms with Crippen molar-refractivity contribution in [3.63, 3.8) is 0 Å². The lowest BCUT2D eigenvalue weighted by atomic mass is 9.98. The molecule has 1 fully saturated rings. The van der Waals surface area contributed by atoms with Gasteiger partial charge in [-0.3, -0.25) is 4.79 Å². The molecule has 1 amide bonds. The molecule has 0 aromatic carbocycles. The molecular formula is C57H109NO10. The van der Waals surface area contributed by atoms with Crippen LogP contribution >= 0.6 is 0 Å². The Morgan fingerprint density at radius 1 is 0.500 bits per heavy atom. The van der Waals surface area contributed by atoms with Gasteiger partial charge in [-0.15, -0.1) is 0 Å². The molecule has 1 aliphatic rings. The summed E-state index contributed by atoms with van der Waals surface area (Å²) in [6.45, 7) is 3.41. The normalized spacial score (nSPS) is 20.6. The van der Waals surface area contributed by atoms with Gasteiger partial charge in [0.05, 0.1) is 25.4 Å². The molecule has 8 N–H and O–H groups in total. The number of ether oxygens (including phenoxy) is 2. The number of rotatable bonds is 49. The lowest BCUT2D eigenvalue weighted by Gasteiger charge is -2.40. The monoisotopic (exact) mass is 968 g/mol. The van der Waals surface area contributed by atoms with Crippen LogP contribution in [0.4, 0.5) is 0 Å². The van der Waals surface area contributed by atoms with Crippen LogP contribution in [0.3, 0.4) is 0 Å². The fourth-order valence-electron chi connectivity index (χ4n) is 9.28. The number of hydrogen-bond donors (Lipinski definition) is 8. The van der Waals surface area contributed by atoms with E-state index in [-0.39, 0.29) is 12.8 Å². The minimum Gasteiger partial charge on any atom is -0.394 e. The quantitative estimate of drug-likeness (QED) is 0.0215. The summed E-state index contributed by atoms with van der Waals surface area (Å²) in [4.78, 5) is 13.1. The Morgan fingerprint density at radius 3 is 1.31 bits per heavy atom. The lowest BCUT2D eigenvalue weighted by molar-refractivity contribution is -0.303. The van der Waals surface area contributed by atoms with Gasteiger partial charge in [-0.2, -0.15) is 0 Å². The number of carbonyl (C=O) groups excluding carboxylic acids is 1. The van der Waals surface area contributed by atoms with Crippen LogP contribution in [0.5, 0.6) is 0 Å². The smallest absolute Gasteiger partial charge is 0.249 e. The Kier molecular flexibility index (Phi) is 44.3. The highest BCUT2D eigenvalue weighted by Crippen LogP contribution is 2.23. The standard InChI is InChI=1S/C57H109NO10/c1-3-5-7-9-11-13-15-17-18-19-20-21-22-23-24-25-26-27-28-29-30-31-32-33-35-37-39-41-43-45-50(61)56(66)58-48(47-67-57-55(65)54(64)53(63)51(46-59)68-57)52(62)49(60)44-42-40-38-36-34-16-14-12-10-8-6-4-2/h12,14,36,38,48-55,57,59-65H,3-11,13,15-35,37,39-47H2,1-2H3,(H,58,66)/b14-12+,38-36+. The van der Waals surface area contributed by atoms with Gasteiger partial charge in [0, 0.05) is 0 Å². The third kappa shape index (κ3) is 34.8. The van der Waals surface area contributed by atoms with E-state index in [2.05, 4.69) is 43.5 Å². The summed E-state index contributed by atoms with van der Waals surface area (Å²) in [5.41, 5.74) is 0. The number of hydrogen-bond acceptors (Lipinski definition) is 10. The first-order valence-electron chi connectivity index (χ1n) is 28.7. The number of amides is 1. The fourth-order valence-corrected chi connectivity index (χ4v) is 9.28. The van der Waals surface area contributed by atoms with E-state index in [1.54, 1.807) is 0 Å². The number of aliphatic hydroxyl groups is 7. The number of nitrogens with one attached hydrogen (secondary N) is 1. The molecule has 9 unspecified atom stereocenters. The summed E-state index contributed by atoms with van der Waals surface area (Å²) >= 11 is 0. The molecule has 0 aromatic rings. The van der Waals surface area contributed by atoms with Gasteiger partial charge in [0.1, 0.15) is 36.6 Å². The van der Waals surface area contributed by atoms with Gasteiger partial charge in [-0.1, -0.05) is 237 Å². The molecule has 0 aliphatic carbocycles. The summed E-state index contributed by atoms with van der Waals surface area (Å²) in [6, 6.07) is -1.19. The second-order valence-corrected chi connectivity index (χ2v) is 20.4. The Balaban J connectivity index is 2.22. The predicted molar refractivity (Wildman–Crippen MR) is 279 cm³/mol. The zero-order valence-electron chi connectivity index (χ0n) is 43.9. The van der Waals surface area contributed by atoms with E-state index < -0.39 is 74.2 Å². The van der Waals surface area contributed by atoms with E-state index in [1.807, 2.05) is 0 Å². The second-order valence-electron chi connectivity index (χ2n) is 20.4. The zero-order chi connectivity index (χ0) is 49.7. The molecule has 1 rings (SSSR count). The van der Waals surface area contributed by atoms with E-state index in [4.69, 9.17) is 9.47 Å². The second kappa shape index (κ2) is 46.6. The number of carbonyl (C=O) groups is 1. The van der Waals surface area contributed by atoms with Gasteiger partial charge >= 0.3 is 0 Å². The minimum absolute atomic E-state index is 0.247. The average molecular weight is 968 g/mol. The van der Waals surface area contributed by atoms with Crippen LogP contribution in [0.1, 0.15) is 264 Å². The molecule has 0 saturated carbocycles. The molecule has 0 bridgehead atoms. The minimum atomic E-state index is -1.67. The molecule has 1 aliphatic heterocycles. The molecule has 0 aromatic heterocycles. The molecule has 402 valence electrons. The zero-order valence-corrected chi connectivity index (χ0v) is 43.9. The maximum Gasteiger partial charge on any atom is 0.249 e. The number of allylic oxidation sites excluding steroid dienone is 4. The van der Waals surface area contributed by atoms with Gasteiger partial charge in [0.25, 0.3) is 0 Å². The predicted octanol–water partition coefficient (Wildman–Crippen LogP) is 11.7. The molecule has 9 atom stereocenters.